The standard InChI is InChI=1S/C17H33N5S/c1-6-22(7-2)11-9-8-10-19-17(18-5)20-12-16-21-15(13-23-16)14(3)4/h13-14H,6-12H2,1-5H3,(H2,18,19,20). The predicted octanol–water partition coefficient (Wildman–Crippen LogP) is 3.05. The van der Waals surface area contributed by atoms with Crippen molar-refractivity contribution in [1.82, 2.24) is 20.5 Å². The van der Waals surface area contributed by atoms with E-state index in [2.05, 4.69) is 58.6 Å². The Bertz CT molecular complexity index is 452. The number of nitrogens with zero attached hydrogens (tertiary/aromatic N) is 3. The molecule has 6 heteroatoms. The molecule has 1 aromatic rings. The minimum atomic E-state index is 0.489. The average molecular weight is 340 g/mol. The summed E-state index contributed by atoms with van der Waals surface area (Å²) in [5.41, 5.74) is 1.17. The fourth-order valence-corrected chi connectivity index (χ4v) is 3.15. The van der Waals surface area contributed by atoms with Gasteiger partial charge in [-0.25, -0.2) is 4.98 Å². The molecule has 1 aromatic heterocycles. The van der Waals surface area contributed by atoms with Crippen molar-refractivity contribution in [1.29, 1.82) is 0 Å². The van der Waals surface area contributed by atoms with Gasteiger partial charge >= 0.3 is 0 Å². The SMILES string of the molecule is CCN(CC)CCCCNC(=NC)NCc1nc(C(C)C)cs1. The minimum Gasteiger partial charge on any atom is -0.356 e. The molecule has 0 bridgehead atoms. The quantitative estimate of drug-likeness (QED) is 0.391. The predicted molar refractivity (Wildman–Crippen MR) is 101 cm³/mol. The number of aliphatic imine (C=N–C) groups is 1. The summed E-state index contributed by atoms with van der Waals surface area (Å²) in [5.74, 6) is 1.34. The molecule has 0 fully saturated rings. The highest BCUT2D eigenvalue weighted by Gasteiger charge is 2.06. The Labute approximate surface area is 145 Å². The summed E-state index contributed by atoms with van der Waals surface area (Å²) in [6.45, 7) is 13.9. The Morgan fingerprint density at radius 1 is 1.26 bits per heavy atom. The van der Waals surface area contributed by atoms with Crippen molar-refractivity contribution in [2.75, 3.05) is 33.2 Å². The smallest absolute Gasteiger partial charge is 0.191 e. The fraction of sp³-hybridized carbons (Fsp3) is 0.765. The van der Waals surface area contributed by atoms with Crippen molar-refractivity contribution in [3.05, 3.63) is 16.1 Å². The van der Waals surface area contributed by atoms with Gasteiger partial charge in [0.25, 0.3) is 0 Å². The van der Waals surface area contributed by atoms with Crippen molar-refractivity contribution >= 4 is 17.3 Å². The van der Waals surface area contributed by atoms with Gasteiger partial charge in [-0.1, -0.05) is 27.7 Å². The molecule has 0 spiro atoms. The molecule has 0 radical (unpaired) electrons. The second-order valence-electron chi connectivity index (χ2n) is 5.91. The molecule has 0 amide bonds. The van der Waals surface area contributed by atoms with E-state index >= 15 is 0 Å². The second kappa shape index (κ2) is 11.4. The van der Waals surface area contributed by atoms with Crippen molar-refractivity contribution in [2.24, 2.45) is 4.99 Å². The topological polar surface area (TPSA) is 52.5 Å². The average Bonchev–Trinajstić information content (AvgIpc) is 3.03. The van der Waals surface area contributed by atoms with Crippen LogP contribution in [0.25, 0.3) is 0 Å². The molecule has 0 aromatic carbocycles. The molecule has 0 saturated heterocycles. The lowest BCUT2D eigenvalue weighted by molar-refractivity contribution is 0.297. The van der Waals surface area contributed by atoms with Crippen LogP contribution in [0.4, 0.5) is 0 Å². The Morgan fingerprint density at radius 3 is 2.57 bits per heavy atom. The maximum absolute atomic E-state index is 4.63. The van der Waals surface area contributed by atoms with Gasteiger partial charge in [0.05, 0.1) is 12.2 Å². The van der Waals surface area contributed by atoms with E-state index in [1.54, 1.807) is 11.3 Å². The molecule has 0 aliphatic heterocycles. The van der Waals surface area contributed by atoms with E-state index < -0.39 is 0 Å². The number of guanidine groups is 1. The highest BCUT2D eigenvalue weighted by atomic mass is 32.1. The molecule has 0 saturated carbocycles. The molecule has 0 unspecified atom stereocenters. The largest absolute Gasteiger partial charge is 0.356 e. The van der Waals surface area contributed by atoms with Gasteiger partial charge in [0.15, 0.2) is 5.96 Å². The maximum Gasteiger partial charge on any atom is 0.191 e. The van der Waals surface area contributed by atoms with Crippen LogP contribution in [0, 0.1) is 0 Å². The van der Waals surface area contributed by atoms with Gasteiger partial charge in [-0.15, -0.1) is 11.3 Å². The van der Waals surface area contributed by atoms with Gasteiger partial charge in [-0.2, -0.15) is 0 Å². The fourth-order valence-electron chi connectivity index (χ4n) is 2.26. The maximum atomic E-state index is 4.63. The molecule has 0 atom stereocenters. The molecule has 2 N–H and O–H groups in total. The third-order valence-corrected chi connectivity index (χ3v) is 4.75. The second-order valence-corrected chi connectivity index (χ2v) is 6.85. The lowest BCUT2D eigenvalue weighted by Crippen LogP contribution is -2.37. The number of thiazole rings is 1. The first kappa shape index (κ1) is 19.9. The van der Waals surface area contributed by atoms with E-state index in [0.29, 0.717) is 5.92 Å². The summed E-state index contributed by atoms with van der Waals surface area (Å²) >= 11 is 1.71. The van der Waals surface area contributed by atoms with Gasteiger partial charge in [0, 0.05) is 19.0 Å². The highest BCUT2D eigenvalue weighted by Crippen LogP contribution is 2.17. The summed E-state index contributed by atoms with van der Waals surface area (Å²) in [5, 5.41) is 9.97. The van der Waals surface area contributed by atoms with E-state index in [9.17, 15) is 0 Å². The van der Waals surface area contributed by atoms with Crippen LogP contribution in [0.3, 0.4) is 0 Å². The normalized spacial score (nSPS) is 12.2. The third kappa shape index (κ3) is 7.79. The third-order valence-electron chi connectivity index (χ3n) is 3.88. The van der Waals surface area contributed by atoms with Crippen LogP contribution in [0.15, 0.2) is 10.4 Å². The van der Waals surface area contributed by atoms with Crippen LogP contribution in [0.1, 0.15) is 57.2 Å². The number of unbranched alkanes of at least 4 members (excludes halogenated alkanes) is 1. The van der Waals surface area contributed by atoms with Crippen LogP contribution in [-0.2, 0) is 6.54 Å². The molecule has 0 aliphatic rings. The zero-order chi connectivity index (χ0) is 17.1. The van der Waals surface area contributed by atoms with E-state index in [4.69, 9.17) is 0 Å². The van der Waals surface area contributed by atoms with Crippen LogP contribution < -0.4 is 10.6 Å². The molecule has 132 valence electrons. The lowest BCUT2D eigenvalue weighted by Gasteiger charge is -2.17. The van der Waals surface area contributed by atoms with Crippen LogP contribution >= 0.6 is 11.3 Å². The molecular weight excluding hydrogens is 306 g/mol. The minimum absolute atomic E-state index is 0.489. The number of aromatic nitrogens is 1. The lowest BCUT2D eigenvalue weighted by atomic mass is 10.2. The zero-order valence-electron chi connectivity index (χ0n) is 15.4. The molecule has 0 aliphatic carbocycles. The highest BCUT2D eigenvalue weighted by molar-refractivity contribution is 7.09. The first-order chi connectivity index (χ1) is 11.1. The summed E-state index contributed by atoms with van der Waals surface area (Å²) in [7, 11) is 1.81. The Hall–Kier alpha value is -1.14. The van der Waals surface area contributed by atoms with E-state index in [0.717, 1.165) is 43.6 Å². The zero-order valence-corrected chi connectivity index (χ0v) is 16.2. The van der Waals surface area contributed by atoms with Crippen molar-refractivity contribution < 1.29 is 0 Å². The Kier molecular flexibility index (Phi) is 9.87. The first-order valence-corrected chi connectivity index (χ1v) is 9.59. The summed E-state index contributed by atoms with van der Waals surface area (Å²) in [6.07, 6.45) is 2.38. The van der Waals surface area contributed by atoms with Crippen LogP contribution in [0.5, 0.6) is 0 Å². The molecule has 1 rings (SSSR count). The first-order valence-electron chi connectivity index (χ1n) is 8.71. The van der Waals surface area contributed by atoms with Gasteiger partial charge < -0.3 is 15.5 Å². The number of nitrogens with one attached hydrogen (secondary N) is 2. The number of hydrogen-bond acceptors (Lipinski definition) is 4. The molecule has 5 nitrogen and oxygen atoms in total. The van der Waals surface area contributed by atoms with E-state index in [1.165, 1.54) is 18.7 Å². The van der Waals surface area contributed by atoms with Gasteiger partial charge in [-0.3, -0.25) is 4.99 Å². The van der Waals surface area contributed by atoms with Crippen LogP contribution in [-0.4, -0.2) is 49.1 Å². The molecule has 1 heterocycles. The molecule has 23 heavy (non-hydrogen) atoms. The number of hydrogen-bond donors (Lipinski definition) is 2. The summed E-state index contributed by atoms with van der Waals surface area (Å²) in [6, 6.07) is 0. The van der Waals surface area contributed by atoms with Crippen molar-refractivity contribution in [2.45, 2.75) is 53.0 Å². The Balaban J connectivity index is 2.21. The van der Waals surface area contributed by atoms with Gasteiger partial charge in [0.1, 0.15) is 5.01 Å². The van der Waals surface area contributed by atoms with Crippen molar-refractivity contribution in [3.8, 4) is 0 Å². The van der Waals surface area contributed by atoms with Crippen molar-refractivity contribution in [3.63, 3.8) is 0 Å². The number of rotatable bonds is 10. The monoisotopic (exact) mass is 339 g/mol. The van der Waals surface area contributed by atoms with Crippen LogP contribution in [0.2, 0.25) is 0 Å². The van der Waals surface area contributed by atoms with Gasteiger partial charge in [0.2, 0.25) is 0 Å². The summed E-state index contributed by atoms with van der Waals surface area (Å²) in [4.78, 5) is 11.4. The molecular formula is C17H33N5S. The Morgan fingerprint density at radius 2 is 2.00 bits per heavy atom. The summed E-state index contributed by atoms with van der Waals surface area (Å²) < 4.78 is 0. The van der Waals surface area contributed by atoms with E-state index in [-0.39, 0.29) is 0 Å². The van der Waals surface area contributed by atoms with E-state index in [1.807, 2.05) is 7.05 Å². The van der Waals surface area contributed by atoms with Gasteiger partial charge in [-0.05, 0) is 38.4 Å².